The van der Waals surface area contributed by atoms with Crippen LogP contribution in [0.25, 0.3) is 0 Å². The van der Waals surface area contributed by atoms with E-state index < -0.39 is 0 Å². The smallest absolute Gasteiger partial charge is 0.0197 e. The van der Waals surface area contributed by atoms with Gasteiger partial charge in [0.15, 0.2) is 0 Å². The Bertz CT molecular complexity index is 160. The number of piperidine rings is 1. The lowest BCUT2D eigenvalue weighted by atomic mass is 9.88. The van der Waals surface area contributed by atoms with Crippen molar-refractivity contribution in [3.05, 3.63) is 0 Å². The van der Waals surface area contributed by atoms with Crippen molar-refractivity contribution >= 4 is 0 Å². The predicted octanol–water partition coefficient (Wildman–Crippen LogP) is 1.84. The minimum atomic E-state index is 0.288. The lowest BCUT2D eigenvalue weighted by Crippen LogP contribution is -2.54. The second kappa shape index (κ2) is 3.97. The predicted molar refractivity (Wildman–Crippen MR) is 57.7 cm³/mol. The quantitative estimate of drug-likeness (QED) is 0.674. The van der Waals surface area contributed by atoms with E-state index in [2.05, 4.69) is 32.6 Å². The van der Waals surface area contributed by atoms with Crippen molar-refractivity contribution in [3.8, 4) is 0 Å². The summed E-state index contributed by atoms with van der Waals surface area (Å²) >= 11 is 0. The van der Waals surface area contributed by atoms with E-state index in [0.717, 1.165) is 12.5 Å². The minimum absolute atomic E-state index is 0.288. The van der Waals surface area contributed by atoms with E-state index >= 15 is 0 Å². The summed E-state index contributed by atoms with van der Waals surface area (Å²) in [5.74, 6) is 0.749. The van der Waals surface area contributed by atoms with Gasteiger partial charge in [-0.15, -0.1) is 0 Å². The van der Waals surface area contributed by atoms with Crippen molar-refractivity contribution in [2.45, 2.75) is 52.1 Å². The summed E-state index contributed by atoms with van der Waals surface area (Å²) in [6.45, 7) is 11.3. The van der Waals surface area contributed by atoms with Crippen LogP contribution in [0, 0.1) is 5.92 Å². The molecule has 2 heteroatoms. The Balaban J connectivity index is 2.51. The van der Waals surface area contributed by atoms with Gasteiger partial charge >= 0.3 is 0 Å². The fourth-order valence-electron chi connectivity index (χ4n) is 2.15. The molecular weight excluding hydrogens is 160 g/mol. The van der Waals surface area contributed by atoms with Crippen molar-refractivity contribution in [1.82, 2.24) is 4.90 Å². The van der Waals surface area contributed by atoms with Gasteiger partial charge in [0.2, 0.25) is 0 Å². The lowest BCUT2D eigenvalue weighted by molar-refractivity contribution is 0.0726. The third-order valence-corrected chi connectivity index (χ3v) is 3.28. The van der Waals surface area contributed by atoms with Gasteiger partial charge in [-0.1, -0.05) is 13.3 Å². The highest BCUT2D eigenvalue weighted by Gasteiger charge is 2.30. The van der Waals surface area contributed by atoms with E-state index in [1.165, 1.54) is 19.4 Å². The zero-order chi connectivity index (χ0) is 10.1. The molecule has 0 amide bonds. The van der Waals surface area contributed by atoms with Gasteiger partial charge in [-0.2, -0.15) is 0 Å². The van der Waals surface area contributed by atoms with Crippen LogP contribution in [0.1, 0.15) is 40.5 Å². The SMILES string of the molecule is CC[C@@H]1CCN(C(C)(C)C)C[C@H]1N. The molecule has 2 N–H and O–H groups in total. The average molecular weight is 184 g/mol. The summed E-state index contributed by atoms with van der Waals surface area (Å²) < 4.78 is 0. The van der Waals surface area contributed by atoms with Crippen molar-refractivity contribution in [3.63, 3.8) is 0 Å². The molecule has 0 aliphatic carbocycles. The molecule has 1 aliphatic rings. The summed E-state index contributed by atoms with van der Waals surface area (Å²) in [6.07, 6.45) is 2.51. The van der Waals surface area contributed by atoms with E-state index in [0.29, 0.717) is 6.04 Å². The highest BCUT2D eigenvalue weighted by Crippen LogP contribution is 2.24. The zero-order valence-electron chi connectivity index (χ0n) is 9.51. The number of hydrogen-bond acceptors (Lipinski definition) is 2. The molecule has 78 valence electrons. The monoisotopic (exact) mass is 184 g/mol. The molecule has 0 spiro atoms. The molecule has 2 nitrogen and oxygen atoms in total. The normalized spacial score (nSPS) is 32.1. The second-order valence-electron chi connectivity index (χ2n) is 5.24. The maximum absolute atomic E-state index is 6.13. The standard InChI is InChI=1S/C11H24N2/c1-5-9-6-7-13(8-10(9)12)11(2,3)4/h9-10H,5-8,12H2,1-4H3/t9-,10-/m1/s1. The topological polar surface area (TPSA) is 29.3 Å². The van der Waals surface area contributed by atoms with Crippen LogP contribution in [0.4, 0.5) is 0 Å². The number of nitrogens with two attached hydrogens (primary N) is 1. The third-order valence-electron chi connectivity index (χ3n) is 3.28. The van der Waals surface area contributed by atoms with Crippen LogP contribution in [0.2, 0.25) is 0 Å². The van der Waals surface area contributed by atoms with E-state index in [1.54, 1.807) is 0 Å². The highest BCUT2D eigenvalue weighted by molar-refractivity contribution is 4.87. The van der Waals surface area contributed by atoms with Crippen LogP contribution in [-0.2, 0) is 0 Å². The molecule has 1 rings (SSSR count). The number of hydrogen-bond donors (Lipinski definition) is 1. The van der Waals surface area contributed by atoms with Gasteiger partial charge in [0, 0.05) is 18.1 Å². The number of nitrogens with zero attached hydrogens (tertiary/aromatic N) is 1. The van der Waals surface area contributed by atoms with Gasteiger partial charge in [-0.25, -0.2) is 0 Å². The first-order valence-corrected chi connectivity index (χ1v) is 5.45. The lowest BCUT2D eigenvalue weighted by Gasteiger charge is -2.43. The Morgan fingerprint density at radius 3 is 2.38 bits per heavy atom. The van der Waals surface area contributed by atoms with Gasteiger partial charge in [-0.3, -0.25) is 4.90 Å². The van der Waals surface area contributed by atoms with E-state index in [4.69, 9.17) is 5.73 Å². The van der Waals surface area contributed by atoms with Crippen molar-refractivity contribution in [2.24, 2.45) is 11.7 Å². The maximum atomic E-state index is 6.13. The van der Waals surface area contributed by atoms with Crippen LogP contribution in [0.3, 0.4) is 0 Å². The molecule has 0 bridgehead atoms. The first kappa shape index (κ1) is 11.0. The first-order valence-electron chi connectivity index (χ1n) is 5.45. The molecule has 0 aromatic carbocycles. The Labute approximate surface area is 82.5 Å². The molecule has 0 aromatic rings. The molecule has 1 saturated heterocycles. The number of likely N-dealkylation sites (tertiary alicyclic amines) is 1. The third kappa shape index (κ3) is 2.68. The molecule has 1 aliphatic heterocycles. The van der Waals surface area contributed by atoms with Crippen LogP contribution < -0.4 is 5.73 Å². The van der Waals surface area contributed by atoms with Crippen LogP contribution >= 0.6 is 0 Å². The second-order valence-corrected chi connectivity index (χ2v) is 5.24. The van der Waals surface area contributed by atoms with Gasteiger partial charge in [0.25, 0.3) is 0 Å². The molecule has 0 radical (unpaired) electrons. The molecular formula is C11H24N2. The largest absolute Gasteiger partial charge is 0.326 e. The highest BCUT2D eigenvalue weighted by atomic mass is 15.2. The Kier molecular flexibility index (Phi) is 3.36. The fraction of sp³-hybridized carbons (Fsp3) is 1.00. The van der Waals surface area contributed by atoms with Crippen molar-refractivity contribution in [1.29, 1.82) is 0 Å². The summed E-state index contributed by atoms with van der Waals surface area (Å²) in [7, 11) is 0. The van der Waals surface area contributed by atoms with E-state index in [-0.39, 0.29) is 5.54 Å². The summed E-state index contributed by atoms with van der Waals surface area (Å²) in [4.78, 5) is 2.50. The van der Waals surface area contributed by atoms with Gasteiger partial charge in [0.1, 0.15) is 0 Å². The first-order chi connectivity index (χ1) is 5.95. The van der Waals surface area contributed by atoms with Crippen molar-refractivity contribution in [2.75, 3.05) is 13.1 Å². The Morgan fingerprint density at radius 2 is 2.00 bits per heavy atom. The Hall–Kier alpha value is -0.0800. The van der Waals surface area contributed by atoms with Gasteiger partial charge in [0.05, 0.1) is 0 Å². The van der Waals surface area contributed by atoms with Crippen molar-refractivity contribution < 1.29 is 0 Å². The molecule has 1 fully saturated rings. The average Bonchev–Trinajstić information content (AvgIpc) is 2.02. The molecule has 0 saturated carbocycles. The van der Waals surface area contributed by atoms with Gasteiger partial charge in [-0.05, 0) is 39.7 Å². The molecule has 2 atom stereocenters. The van der Waals surface area contributed by atoms with Crippen LogP contribution in [0.5, 0.6) is 0 Å². The summed E-state index contributed by atoms with van der Waals surface area (Å²) in [6, 6.07) is 0.387. The molecule has 0 unspecified atom stereocenters. The fourth-order valence-corrected chi connectivity index (χ4v) is 2.15. The molecule has 13 heavy (non-hydrogen) atoms. The summed E-state index contributed by atoms with van der Waals surface area (Å²) in [5.41, 5.74) is 6.42. The Morgan fingerprint density at radius 1 is 1.38 bits per heavy atom. The molecule has 1 heterocycles. The zero-order valence-corrected chi connectivity index (χ0v) is 9.51. The summed E-state index contributed by atoms with van der Waals surface area (Å²) in [5, 5.41) is 0. The van der Waals surface area contributed by atoms with E-state index in [1.807, 2.05) is 0 Å². The van der Waals surface area contributed by atoms with Gasteiger partial charge < -0.3 is 5.73 Å². The number of rotatable bonds is 1. The molecule has 0 aromatic heterocycles. The van der Waals surface area contributed by atoms with Crippen LogP contribution in [-0.4, -0.2) is 29.6 Å². The minimum Gasteiger partial charge on any atom is -0.326 e. The maximum Gasteiger partial charge on any atom is 0.0197 e. The van der Waals surface area contributed by atoms with E-state index in [9.17, 15) is 0 Å². The van der Waals surface area contributed by atoms with Crippen LogP contribution in [0.15, 0.2) is 0 Å².